The van der Waals surface area contributed by atoms with E-state index in [0.717, 1.165) is 11.0 Å². The highest BCUT2D eigenvalue weighted by Gasteiger charge is 2.18. The number of carbonyl (C=O) groups is 1. The summed E-state index contributed by atoms with van der Waals surface area (Å²) in [4.78, 5) is 12.0. The largest absolute Gasteiger partial charge is 0.458 e. The molecule has 22 heavy (non-hydrogen) atoms. The van der Waals surface area contributed by atoms with E-state index in [4.69, 9.17) is 9.15 Å². The number of para-hydroxylation sites is 1. The Labute approximate surface area is 126 Å². The van der Waals surface area contributed by atoms with Gasteiger partial charge in [0.25, 0.3) is 5.91 Å². The molecular formula is C15H16N4O3. The number of carbonyl (C=O) groups excluding carboxylic acids is 1. The summed E-state index contributed by atoms with van der Waals surface area (Å²) in [6, 6.07) is 9.63. The molecule has 0 saturated heterocycles. The Balaban J connectivity index is 1.70. The minimum Gasteiger partial charge on any atom is -0.458 e. The molecule has 1 aromatic carbocycles. The van der Waals surface area contributed by atoms with Gasteiger partial charge in [0.15, 0.2) is 5.69 Å². The normalized spacial score (nSPS) is 12.5. The van der Waals surface area contributed by atoms with Crippen molar-refractivity contribution in [1.29, 1.82) is 0 Å². The zero-order chi connectivity index (χ0) is 15.5. The maximum Gasteiger partial charge on any atom is 0.273 e. The van der Waals surface area contributed by atoms with E-state index in [9.17, 15) is 4.79 Å². The number of amides is 1. The standard InChI is InChI=1S/C15H16N4O3/c1-19-9-11(17-18-19)15(20)16-8-14(21-2)13-7-10-5-3-4-6-12(10)22-13/h3-7,9,14H,8H2,1-2H3,(H,16,20)/t14-/m1/s1. The highest BCUT2D eigenvalue weighted by Crippen LogP contribution is 2.25. The molecule has 114 valence electrons. The van der Waals surface area contributed by atoms with Crippen LogP contribution in [0.25, 0.3) is 11.0 Å². The Morgan fingerprint density at radius 3 is 2.95 bits per heavy atom. The second-order valence-corrected chi connectivity index (χ2v) is 4.90. The van der Waals surface area contributed by atoms with Gasteiger partial charge < -0.3 is 14.5 Å². The van der Waals surface area contributed by atoms with E-state index in [1.54, 1.807) is 20.4 Å². The summed E-state index contributed by atoms with van der Waals surface area (Å²) in [7, 11) is 3.28. The van der Waals surface area contributed by atoms with E-state index < -0.39 is 0 Å². The Kier molecular flexibility index (Phi) is 3.88. The topological polar surface area (TPSA) is 82.2 Å². The zero-order valence-corrected chi connectivity index (χ0v) is 12.3. The molecule has 0 unspecified atom stereocenters. The number of nitrogens with zero attached hydrogens (tertiary/aromatic N) is 3. The molecule has 1 N–H and O–H groups in total. The molecule has 0 saturated carbocycles. The third kappa shape index (κ3) is 2.84. The maximum absolute atomic E-state index is 12.0. The van der Waals surface area contributed by atoms with Crippen molar-refractivity contribution < 1.29 is 13.9 Å². The minimum atomic E-state index is -0.368. The number of aryl methyl sites for hydroxylation is 1. The van der Waals surface area contributed by atoms with Crippen molar-refractivity contribution >= 4 is 16.9 Å². The number of rotatable bonds is 5. The molecule has 3 aromatic rings. The lowest BCUT2D eigenvalue weighted by molar-refractivity contribution is 0.0744. The van der Waals surface area contributed by atoms with Crippen LogP contribution in [0.4, 0.5) is 0 Å². The lowest BCUT2D eigenvalue weighted by atomic mass is 10.2. The van der Waals surface area contributed by atoms with Crippen molar-refractivity contribution in [3.63, 3.8) is 0 Å². The van der Waals surface area contributed by atoms with Gasteiger partial charge in [-0.25, -0.2) is 0 Å². The van der Waals surface area contributed by atoms with Gasteiger partial charge >= 0.3 is 0 Å². The van der Waals surface area contributed by atoms with Crippen LogP contribution in [0.1, 0.15) is 22.4 Å². The summed E-state index contributed by atoms with van der Waals surface area (Å²) in [5.74, 6) is 0.370. The fourth-order valence-electron chi connectivity index (χ4n) is 2.19. The fraction of sp³-hybridized carbons (Fsp3) is 0.267. The van der Waals surface area contributed by atoms with Crippen molar-refractivity contribution in [2.45, 2.75) is 6.10 Å². The highest BCUT2D eigenvalue weighted by atomic mass is 16.5. The SMILES string of the molecule is CO[C@H](CNC(=O)c1cn(C)nn1)c1cc2ccccc2o1. The molecule has 2 aromatic heterocycles. The molecule has 0 radical (unpaired) electrons. The smallest absolute Gasteiger partial charge is 0.273 e. The minimum absolute atomic E-state index is 0.266. The number of benzene rings is 1. The first-order valence-corrected chi connectivity index (χ1v) is 6.83. The van der Waals surface area contributed by atoms with Gasteiger partial charge in [-0.15, -0.1) is 5.10 Å². The lowest BCUT2D eigenvalue weighted by Crippen LogP contribution is -2.29. The monoisotopic (exact) mass is 300 g/mol. The van der Waals surface area contributed by atoms with Crippen molar-refractivity contribution in [2.24, 2.45) is 7.05 Å². The molecule has 0 aliphatic rings. The van der Waals surface area contributed by atoms with Gasteiger partial charge in [-0.2, -0.15) is 0 Å². The van der Waals surface area contributed by atoms with Crippen LogP contribution < -0.4 is 5.32 Å². The maximum atomic E-state index is 12.0. The van der Waals surface area contributed by atoms with E-state index in [2.05, 4.69) is 15.6 Å². The van der Waals surface area contributed by atoms with E-state index in [1.807, 2.05) is 30.3 Å². The van der Waals surface area contributed by atoms with Gasteiger partial charge in [0, 0.05) is 19.5 Å². The number of aromatic nitrogens is 3. The molecule has 0 aliphatic heterocycles. The average molecular weight is 300 g/mol. The predicted octanol–water partition coefficient (Wildman–Crippen LogP) is 1.68. The van der Waals surface area contributed by atoms with Gasteiger partial charge in [0.1, 0.15) is 17.4 Å². The number of hydrogen-bond donors (Lipinski definition) is 1. The van der Waals surface area contributed by atoms with Gasteiger partial charge in [-0.3, -0.25) is 9.48 Å². The summed E-state index contributed by atoms with van der Waals surface area (Å²) in [5.41, 5.74) is 1.06. The summed E-state index contributed by atoms with van der Waals surface area (Å²) >= 11 is 0. The van der Waals surface area contributed by atoms with E-state index in [1.165, 1.54) is 4.68 Å². The van der Waals surface area contributed by atoms with Crippen LogP contribution >= 0.6 is 0 Å². The molecular weight excluding hydrogens is 284 g/mol. The van der Waals surface area contributed by atoms with E-state index in [0.29, 0.717) is 5.76 Å². The molecule has 3 rings (SSSR count). The third-order valence-corrected chi connectivity index (χ3v) is 3.33. The van der Waals surface area contributed by atoms with Crippen LogP contribution in [0, 0.1) is 0 Å². The molecule has 2 heterocycles. The lowest BCUT2D eigenvalue weighted by Gasteiger charge is -2.12. The van der Waals surface area contributed by atoms with Crippen molar-refractivity contribution in [1.82, 2.24) is 20.3 Å². The number of furan rings is 1. The number of methoxy groups -OCH3 is 1. The second kappa shape index (κ2) is 5.98. The van der Waals surface area contributed by atoms with Gasteiger partial charge in [0.05, 0.1) is 12.7 Å². The Morgan fingerprint density at radius 1 is 1.45 bits per heavy atom. The van der Waals surface area contributed by atoms with E-state index >= 15 is 0 Å². The fourth-order valence-corrected chi connectivity index (χ4v) is 2.19. The number of ether oxygens (including phenoxy) is 1. The molecule has 0 fully saturated rings. The second-order valence-electron chi connectivity index (χ2n) is 4.90. The van der Waals surface area contributed by atoms with Gasteiger partial charge in [0.2, 0.25) is 0 Å². The summed E-state index contributed by atoms with van der Waals surface area (Å²) in [6.07, 6.45) is 1.19. The molecule has 0 spiro atoms. The average Bonchev–Trinajstić information content (AvgIpc) is 3.13. The van der Waals surface area contributed by atoms with E-state index in [-0.39, 0.29) is 24.2 Å². The Bertz CT molecular complexity index is 760. The summed E-state index contributed by atoms with van der Waals surface area (Å²) in [6.45, 7) is 0.283. The molecule has 7 nitrogen and oxygen atoms in total. The van der Waals surface area contributed by atoms with Crippen LogP contribution in [0.5, 0.6) is 0 Å². The molecule has 1 atom stereocenters. The first-order valence-electron chi connectivity index (χ1n) is 6.83. The molecule has 0 bridgehead atoms. The predicted molar refractivity (Wildman–Crippen MR) is 79.3 cm³/mol. The Hall–Kier alpha value is -2.67. The molecule has 0 aliphatic carbocycles. The van der Waals surface area contributed by atoms with Crippen molar-refractivity contribution in [2.75, 3.05) is 13.7 Å². The Morgan fingerprint density at radius 2 is 2.27 bits per heavy atom. The first kappa shape index (κ1) is 14.3. The first-order chi connectivity index (χ1) is 10.7. The van der Waals surface area contributed by atoms with Crippen LogP contribution in [0.15, 0.2) is 40.9 Å². The third-order valence-electron chi connectivity index (χ3n) is 3.33. The highest BCUT2D eigenvalue weighted by molar-refractivity contribution is 5.91. The number of hydrogen-bond acceptors (Lipinski definition) is 5. The summed E-state index contributed by atoms with van der Waals surface area (Å²) < 4.78 is 12.6. The zero-order valence-electron chi connectivity index (χ0n) is 12.3. The quantitative estimate of drug-likeness (QED) is 0.775. The van der Waals surface area contributed by atoms with Crippen molar-refractivity contribution in [3.8, 4) is 0 Å². The molecule has 1 amide bonds. The van der Waals surface area contributed by atoms with Crippen LogP contribution in [-0.4, -0.2) is 34.6 Å². The van der Waals surface area contributed by atoms with Gasteiger partial charge in [-0.1, -0.05) is 23.4 Å². The number of fused-ring (bicyclic) bond motifs is 1. The number of nitrogens with one attached hydrogen (secondary N) is 1. The van der Waals surface area contributed by atoms with Crippen LogP contribution in [-0.2, 0) is 11.8 Å². The van der Waals surface area contributed by atoms with Crippen molar-refractivity contribution in [3.05, 3.63) is 48.0 Å². The van der Waals surface area contributed by atoms with Crippen LogP contribution in [0.2, 0.25) is 0 Å². The summed E-state index contributed by atoms with van der Waals surface area (Å²) in [5, 5.41) is 11.3. The molecule has 7 heteroatoms. The van der Waals surface area contributed by atoms with Gasteiger partial charge in [-0.05, 0) is 12.1 Å². The van der Waals surface area contributed by atoms with Crippen LogP contribution in [0.3, 0.4) is 0 Å².